The summed E-state index contributed by atoms with van der Waals surface area (Å²) < 4.78 is 5.51. The molecule has 0 N–H and O–H groups in total. The van der Waals surface area contributed by atoms with Gasteiger partial charge in [0.05, 0.1) is 11.0 Å². The predicted octanol–water partition coefficient (Wildman–Crippen LogP) is 3.22. The number of aromatic nitrogens is 1. The first-order valence-corrected chi connectivity index (χ1v) is 5.78. The average molecular weight is 268 g/mol. The minimum absolute atomic E-state index is 0.0449. The van der Waals surface area contributed by atoms with E-state index in [4.69, 9.17) is 4.42 Å². The molecule has 6 nitrogen and oxygen atoms in total. The number of fused-ring (bicyclic) bond motifs is 1. The number of nitro benzene ring substituents is 1. The highest BCUT2D eigenvalue weighted by atomic mass is 16.6. The van der Waals surface area contributed by atoms with Crippen LogP contribution in [-0.2, 0) is 0 Å². The molecule has 1 aromatic heterocycles. The number of rotatable bonds is 3. The Morgan fingerprint density at radius 2 is 1.90 bits per heavy atom. The molecule has 0 amide bonds. The molecule has 0 unspecified atom stereocenters. The lowest BCUT2D eigenvalue weighted by atomic mass is 10.1. The first-order chi connectivity index (χ1) is 9.67. The third kappa shape index (κ3) is 2.03. The summed E-state index contributed by atoms with van der Waals surface area (Å²) in [6.45, 7) is 0. The molecule has 0 aliphatic rings. The van der Waals surface area contributed by atoms with Crippen molar-refractivity contribution in [3.8, 4) is 11.5 Å². The van der Waals surface area contributed by atoms with Crippen molar-refractivity contribution in [1.82, 2.24) is 4.98 Å². The fourth-order valence-electron chi connectivity index (χ4n) is 1.85. The number of benzene rings is 2. The maximum absolute atomic E-state index is 10.7. The number of hydrogen-bond donors (Lipinski definition) is 0. The smallest absolute Gasteiger partial charge is 0.273 e. The molecule has 20 heavy (non-hydrogen) atoms. The Morgan fingerprint density at radius 3 is 2.55 bits per heavy atom. The summed E-state index contributed by atoms with van der Waals surface area (Å²) in [4.78, 5) is 25.1. The van der Waals surface area contributed by atoms with E-state index in [0.717, 1.165) is 6.29 Å². The van der Waals surface area contributed by atoms with Crippen molar-refractivity contribution in [2.45, 2.75) is 0 Å². The van der Waals surface area contributed by atoms with Crippen LogP contribution in [0.1, 0.15) is 10.4 Å². The highest BCUT2D eigenvalue weighted by Gasteiger charge is 2.12. The summed E-state index contributed by atoms with van der Waals surface area (Å²) in [6.07, 6.45) is 0.749. The topological polar surface area (TPSA) is 86.2 Å². The molecule has 0 atom stereocenters. The zero-order valence-electron chi connectivity index (χ0n) is 10.1. The zero-order valence-corrected chi connectivity index (χ0v) is 10.1. The molecule has 0 radical (unpaired) electrons. The minimum Gasteiger partial charge on any atom is -0.436 e. The first kappa shape index (κ1) is 12.0. The number of hydrogen-bond acceptors (Lipinski definition) is 5. The monoisotopic (exact) mass is 268 g/mol. The second-order valence-corrected chi connectivity index (χ2v) is 4.17. The zero-order chi connectivity index (χ0) is 14.1. The van der Waals surface area contributed by atoms with Gasteiger partial charge in [0.25, 0.3) is 5.69 Å². The molecule has 0 bridgehead atoms. The Morgan fingerprint density at radius 1 is 1.15 bits per heavy atom. The molecular weight excluding hydrogens is 260 g/mol. The summed E-state index contributed by atoms with van der Waals surface area (Å²) in [5.41, 5.74) is 2.12. The first-order valence-electron chi connectivity index (χ1n) is 5.78. The van der Waals surface area contributed by atoms with Crippen molar-refractivity contribution < 1.29 is 14.1 Å². The van der Waals surface area contributed by atoms with Gasteiger partial charge < -0.3 is 4.42 Å². The van der Waals surface area contributed by atoms with Gasteiger partial charge in [-0.1, -0.05) is 12.1 Å². The van der Waals surface area contributed by atoms with Crippen LogP contribution in [0.5, 0.6) is 0 Å². The lowest BCUT2D eigenvalue weighted by Crippen LogP contribution is -1.86. The molecular formula is C14H8N2O4. The third-order valence-electron chi connectivity index (χ3n) is 2.88. The number of aldehydes is 1. The van der Waals surface area contributed by atoms with E-state index in [9.17, 15) is 14.9 Å². The molecule has 1 heterocycles. The molecule has 0 aliphatic heterocycles. The third-order valence-corrected chi connectivity index (χ3v) is 2.88. The van der Waals surface area contributed by atoms with Crippen molar-refractivity contribution >= 4 is 23.1 Å². The largest absolute Gasteiger partial charge is 0.436 e. The van der Waals surface area contributed by atoms with Crippen LogP contribution >= 0.6 is 0 Å². The molecule has 3 rings (SSSR count). The van der Waals surface area contributed by atoms with Crippen LogP contribution in [0.2, 0.25) is 0 Å². The summed E-state index contributed by atoms with van der Waals surface area (Å²) in [6, 6.07) is 11.0. The molecule has 98 valence electrons. The van der Waals surface area contributed by atoms with Crippen molar-refractivity contribution in [3.05, 3.63) is 58.1 Å². The number of oxazole rings is 1. The molecule has 3 aromatic rings. The molecule has 6 heteroatoms. The van der Waals surface area contributed by atoms with E-state index in [2.05, 4.69) is 4.98 Å². The normalized spacial score (nSPS) is 10.6. The van der Waals surface area contributed by atoms with Gasteiger partial charge in [-0.15, -0.1) is 0 Å². The van der Waals surface area contributed by atoms with Crippen molar-refractivity contribution in [2.24, 2.45) is 0 Å². The quantitative estimate of drug-likeness (QED) is 0.413. The summed E-state index contributed by atoms with van der Waals surface area (Å²) in [5.74, 6) is 0.359. The van der Waals surface area contributed by atoms with Gasteiger partial charge in [-0.3, -0.25) is 14.9 Å². The molecule has 0 spiro atoms. The van der Waals surface area contributed by atoms with E-state index in [1.54, 1.807) is 30.3 Å². The predicted molar refractivity (Wildman–Crippen MR) is 71.5 cm³/mol. The minimum atomic E-state index is -0.486. The van der Waals surface area contributed by atoms with Gasteiger partial charge in [0.15, 0.2) is 5.58 Å². The van der Waals surface area contributed by atoms with Crippen LogP contribution in [0.4, 0.5) is 5.69 Å². The summed E-state index contributed by atoms with van der Waals surface area (Å²) >= 11 is 0. The lowest BCUT2D eigenvalue weighted by molar-refractivity contribution is -0.384. The van der Waals surface area contributed by atoms with E-state index in [1.165, 1.54) is 12.1 Å². The highest BCUT2D eigenvalue weighted by Crippen LogP contribution is 2.27. The van der Waals surface area contributed by atoms with Gasteiger partial charge in [0, 0.05) is 17.2 Å². The molecule has 0 saturated carbocycles. The van der Waals surface area contributed by atoms with Gasteiger partial charge in [0.2, 0.25) is 5.89 Å². The molecule has 2 aromatic carbocycles. The van der Waals surface area contributed by atoms with Gasteiger partial charge in [-0.05, 0) is 18.2 Å². The van der Waals surface area contributed by atoms with Crippen LogP contribution in [0.25, 0.3) is 22.6 Å². The lowest BCUT2D eigenvalue weighted by Gasteiger charge is -1.94. The van der Waals surface area contributed by atoms with Crippen LogP contribution in [0.3, 0.4) is 0 Å². The Kier molecular flexibility index (Phi) is 2.76. The van der Waals surface area contributed by atoms with Gasteiger partial charge >= 0.3 is 0 Å². The second kappa shape index (κ2) is 4.58. The Balaban J connectivity index is 2.07. The van der Waals surface area contributed by atoms with E-state index >= 15 is 0 Å². The standard InChI is InChI=1S/C14H8N2O4/c17-8-9-1-3-10(4-2-9)14-15-12-6-5-11(16(18)19)7-13(12)20-14/h1-8H. The van der Waals surface area contributed by atoms with Crippen LogP contribution < -0.4 is 0 Å². The van der Waals surface area contributed by atoms with E-state index in [0.29, 0.717) is 28.1 Å². The van der Waals surface area contributed by atoms with Crippen molar-refractivity contribution in [1.29, 1.82) is 0 Å². The highest BCUT2D eigenvalue weighted by molar-refractivity contribution is 5.79. The van der Waals surface area contributed by atoms with E-state index in [-0.39, 0.29) is 5.69 Å². The molecule has 0 fully saturated rings. The summed E-state index contributed by atoms with van der Waals surface area (Å²) in [7, 11) is 0. The van der Waals surface area contributed by atoms with Crippen LogP contribution in [-0.4, -0.2) is 16.2 Å². The van der Waals surface area contributed by atoms with Crippen molar-refractivity contribution in [3.63, 3.8) is 0 Å². The Hall–Kier alpha value is -3.02. The molecule has 0 saturated heterocycles. The fourth-order valence-corrected chi connectivity index (χ4v) is 1.85. The average Bonchev–Trinajstić information content (AvgIpc) is 2.90. The SMILES string of the molecule is O=Cc1ccc(-c2nc3ccc([N+](=O)[O-])cc3o2)cc1. The molecule has 0 aliphatic carbocycles. The fraction of sp³-hybridized carbons (Fsp3) is 0. The number of carbonyl (C=O) groups excluding carboxylic acids is 1. The number of non-ortho nitro benzene ring substituents is 1. The number of carbonyl (C=O) groups is 1. The second-order valence-electron chi connectivity index (χ2n) is 4.17. The Labute approximate surface area is 112 Å². The number of nitrogens with zero attached hydrogens (tertiary/aromatic N) is 2. The van der Waals surface area contributed by atoms with Crippen LogP contribution in [0, 0.1) is 10.1 Å². The van der Waals surface area contributed by atoms with Crippen molar-refractivity contribution in [2.75, 3.05) is 0 Å². The summed E-state index contributed by atoms with van der Waals surface area (Å²) in [5, 5.41) is 10.7. The van der Waals surface area contributed by atoms with E-state index < -0.39 is 4.92 Å². The maximum Gasteiger partial charge on any atom is 0.273 e. The van der Waals surface area contributed by atoms with Crippen LogP contribution in [0.15, 0.2) is 46.9 Å². The van der Waals surface area contributed by atoms with Gasteiger partial charge in [-0.25, -0.2) is 4.98 Å². The number of nitro groups is 1. The van der Waals surface area contributed by atoms with Gasteiger partial charge in [-0.2, -0.15) is 0 Å². The maximum atomic E-state index is 10.7. The van der Waals surface area contributed by atoms with E-state index in [1.807, 2.05) is 0 Å². The Bertz CT molecular complexity index is 806. The van der Waals surface area contributed by atoms with Gasteiger partial charge in [0.1, 0.15) is 11.8 Å².